The van der Waals surface area contributed by atoms with Crippen LogP contribution in [0.1, 0.15) is 22.9 Å². The quantitative estimate of drug-likeness (QED) is 0.690. The second kappa shape index (κ2) is 8.57. The summed E-state index contributed by atoms with van der Waals surface area (Å²) in [6, 6.07) is 10.5. The number of morpholine rings is 1. The van der Waals surface area contributed by atoms with Crippen LogP contribution >= 0.6 is 11.6 Å². The van der Waals surface area contributed by atoms with Crippen molar-refractivity contribution < 1.29 is 4.74 Å². The maximum Gasteiger partial charge on any atom is 0.157 e. The van der Waals surface area contributed by atoms with E-state index in [0.717, 1.165) is 72.3 Å². The van der Waals surface area contributed by atoms with E-state index in [2.05, 4.69) is 38.5 Å². The average molecular weight is 400 g/mol. The minimum absolute atomic E-state index is 0.217. The number of nitrogens with one attached hydrogen (secondary N) is 1. The zero-order valence-corrected chi connectivity index (χ0v) is 17.1. The summed E-state index contributed by atoms with van der Waals surface area (Å²) in [5.74, 6) is 0. The fourth-order valence-corrected chi connectivity index (χ4v) is 4.13. The maximum atomic E-state index is 6.51. The number of pyridine rings is 1. The van der Waals surface area contributed by atoms with Gasteiger partial charge in [-0.05, 0) is 30.2 Å². The molecule has 1 N–H and O–H groups in total. The smallest absolute Gasteiger partial charge is 0.157 e. The number of fused-ring (bicyclic) bond motifs is 1. The Morgan fingerprint density at radius 1 is 1.25 bits per heavy atom. The first-order valence-corrected chi connectivity index (χ1v) is 10.1. The van der Waals surface area contributed by atoms with E-state index < -0.39 is 0 Å². The molecule has 1 fully saturated rings. The van der Waals surface area contributed by atoms with Crippen molar-refractivity contribution in [1.29, 1.82) is 0 Å². The molecular formula is C21H26ClN5O. The monoisotopic (exact) mass is 399 g/mol. The van der Waals surface area contributed by atoms with Gasteiger partial charge in [0.2, 0.25) is 0 Å². The number of aromatic nitrogens is 3. The Morgan fingerprint density at radius 3 is 2.82 bits per heavy atom. The molecule has 1 atom stereocenters. The van der Waals surface area contributed by atoms with E-state index in [0.29, 0.717) is 0 Å². The molecule has 0 bridgehead atoms. The number of rotatable bonds is 6. The minimum atomic E-state index is 0.217. The molecule has 0 saturated carbocycles. The van der Waals surface area contributed by atoms with Crippen LogP contribution in [0.3, 0.4) is 0 Å². The van der Waals surface area contributed by atoms with Crippen molar-refractivity contribution >= 4 is 22.6 Å². The van der Waals surface area contributed by atoms with Crippen molar-refractivity contribution in [2.24, 2.45) is 7.05 Å². The summed E-state index contributed by atoms with van der Waals surface area (Å²) in [5.41, 5.74) is 4.25. The van der Waals surface area contributed by atoms with Gasteiger partial charge in [0.1, 0.15) is 0 Å². The fraction of sp³-hybridized carbons (Fsp3) is 0.429. The van der Waals surface area contributed by atoms with E-state index in [1.54, 1.807) is 0 Å². The molecule has 4 rings (SSSR count). The predicted molar refractivity (Wildman–Crippen MR) is 112 cm³/mol. The van der Waals surface area contributed by atoms with E-state index in [-0.39, 0.29) is 6.04 Å². The number of hydrogen-bond acceptors (Lipinski definition) is 5. The molecule has 3 heterocycles. The highest BCUT2D eigenvalue weighted by molar-refractivity contribution is 6.31. The van der Waals surface area contributed by atoms with Gasteiger partial charge in [0.05, 0.1) is 18.9 Å². The zero-order valence-electron chi connectivity index (χ0n) is 16.4. The van der Waals surface area contributed by atoms with Gasteiger partial charge in [-0.2, -0.15) is 5.10 Å². The van der Waals surface area contributed by atoms with Gasteiger partial charge in [-0.25, -0.2) is 4.98 Å². The first kappa shape index (κ1) is 19.3. The topological polar surface area (TPSA) is 55.2 Å². The number of hydrogen-bond donors (Lipinski definition) is 1. The summed E-state index contributed by atoms with van der Waals surface area (Å²) < 4.78 is 7.36. The van der Waals surface area contributed by atoms with Crippen LogP contribution in [-0.2, 0) is 18.3 Å². The third-order valence-corrected chi connectivity index (χ3v) is 5.68. The maximum absolute atomic E-state index is 6.51. The Kier molecular flexibility index (Phi) is 5.92. The molecule has 0 amide bonds. The van der Waals surface area contributed by atoms with E-state index in [1.165, 1.54) is 0 Å². The second-order valence-electron chi connectivity index (χ2n) is 7.24. The highest BCUT2D eigenvalue weighted by atomic mass is 35.5. The van der Waals surface area contributed by atoms with Crippen LogP contribution in [0.25, 0.3) is 11.0 Å². The lowest BCUT2D eigenvalue weighted by Gasteiger charge is -2.35. The molecule has 28 heavy (non-hydrogen) atoms. The molecule has 0 radical (unpaired) electrons. The Balaban J connectivity index is 1.48. The van der Waals surface area contributed by atoms with Gasteiger partial charge in [-0.3, -0.25) is 9.58 Å². The van der Waals surface area contributed by atoms with Crippen molar-refractivity contribution in [1.82, 2.24) is 25.0 Å². The summed E-state index contributed by atoms with van der Waals surface area (Å²) in [4.78, 5) is 7.02. The molecule has 0 spiro atoms. The lowest BCUT2D eigenvalue weighted by Crippen LogP contribution is -2.42. The van der Waals surface area contributed by atoms with Crippen LogP contribution < -0.4 is 5.32 Å². The molecule has 1 saturated heterocycles. The van der Waals surface area contributed by atoms with Crippen LogP contribution in [0.4, 0.5) is 0 Å². The number of benzene rings is 1. The third kappa shape index (κ3) is 4.05. The Bertz CT molecular complexity index is 951. The van der Waals surface area contributed by atoms with Crippen LogP contribution in [0, 0.1) is 6.92 Å². The van der Waals surface area contributed by atoms with Gasteiger partial charge in [0.25, 0.3) is 0 Å². The lowest BCUT2D eigenvalue weighted by molar-refractivity contribution is 0.0161. The van der Waals surface area contributed by atoms with Crippen molar-refractivity contribution in [3.05, 3.63) is 58.4 Å². The van der Waals surface area contributed by atoms with Gasteiger partial charge in [0.15, 0.2) is 5.65 Å². The van der Waals surface area contributed by atoms with Gasteiger partial charge >= 0.3 is 0 Å². The van der Waals surface area contributed by atoms with E-state index in [9.17, 15) is 0 Å². The van der Waals surface area contributed by atoms with Gasteiger partial charge in [0, 0.05) is 55.9 Å². The zero-order chi connectivity index (χ0) is 19.5. The van der Waals surface area contributed by atoms with Gasteiger partial charge < -0.3 is 10.1 Å². The van der Waals surface area contributed by atoms with Crippen LogP contribution in [0.5, 0.6) is 0 Å². The van der Waals surface area contributed by atoms with Crippen molar-refractivity contribution in [2.45, 2.75) is 19.5 Å². The first-order chi connectivity index (χ1) is 13.6. The number of nitrogens with zero attached hydrogens (tertiary/aromatic N) is 4. The summed E-state index contributed by atoms with van der Waals surface area (Å²) in [6.45, 7) is 6.95. The van der Waals surface area contributed by atoms with Gasteiger partial charge in [-0.1, -0.05) is 29.8 Å². The largest absolute Gasteiger partial charge is 0.379 e. The molecule has 1 aliphatic heterocycles. The van der Waals surface area contributed by atoms with Crippen molar-refractivity contribution in [3.8, 4) is 0 Å². The van der Waals surface area contributed by atoms with Gasteiger partial charge in [-0.15, -0.1) is 0 Å². The van der Waals surface area contributed by atoms with Crippen molar-refractivity contribution in [3.63, 3.8) is 0 Å². The third-order valence-electron chi connectivity index (χ3n) is 5.34. The molecule has 148 valence electrons. The summed E-state index contributed by atoms with van der Waals surface area (Å²) in [6.07, 6.45) is 1.93. The standard InChI is InChI=1S/C21H26ClN5O/c1-15-18-11-16(13-24-21(18)26(2)25-15)12-23-14-20(27-7-9-28-10-8-27)17-5-3-4-6-19(17)22/h3-6,11,13,20,23H,7-10,12,14H2,1-2H3. The van der Waals surface area contributed by atoms with E-state index >= 15 is 0 Å². The highest BCUT2D eigenvalue weighted by Gasteiger charge is 2.24. The summed E-state index contributed by atoms with van der Waals surface area (Å²) in [7, 11) is 1.93. The minimum Gasteiger partial charge on any atom is -0.379 e. The molecular weight excluding hydrogens is 374 g/mol. The SMILES string of the molecule is Cc1nn(C)c2ncc(CNCC(c3ccccc3Cl)N3CCOCC3)cc12. The molecule has 3 aromatic rings. The molecule has 2 aromatic heterocycles. The van der Waals surface area contributed by atoms with Crippen LogP contribution in [0.15, 0.2) is 36.5 Å². The number of ether oxygens (including phenoxy) is 1. The molecule has 1 unspecified atom stereocenters. The van der Waals surface area contributed by atoms with Crippen LogP contribution in [-0.4, -0.2) is 52.5 Å². The van der Waals surface area contributed by atoms with Crippen LogP contribution in [0.2, 0.25) is 5.02 Å². The first-order valence-electron chi connectivity index (χ1n) is 9.68. The highest BCUT2D eigenvalue weighted by Crippen LogP contribution is 2.28. The summed E-state index contributed by atoms with van der Waals surface area (Å²) >= 11 is 6.51. The fourth-order valence-electron chi connectivity index (χ4n) is 3.87. The number of halogens is 1. The molecule has 1 aromatic carbocycles. The van der Waals surface area contributed by atoms with E-state index in [4.69, 9.17) is 16.3 Å². The molecule has 7 heteroatoms. The average Bonchev–Trinajstić information content (AvgIpc) is 3.00. The Morgan fingerprint density at radius 2 is 2.04 bits per heavy atom. The predicted octanol–water partition coefficient (Wildman–Crippen LogP) is 3.09. The van der Waals surface area contributed by atoms with Crippen molar-refractivity contribution in [2.75, 3.05) is 32.8 Å². The Labute approximate surface area is 170 Å². The molecule has 0 aliphatic carbocycles. The molecule has 1 aliphatic rings. The summed E-state index contributed by atoms with van der Waals surface area (Å²) in [5, 5.41) is 9.98. The molecule has 6 nitrogen and oxygen atoms in total. The van der Waals surface area contributed by atoms with E-state index in [1.807, 2.05) is 37.0 Å². The second-order valence-corrected chi connectivity index (χ2v) is 7.65. The normalized spacial score (nSPS) is 16.5. The lowest BCUT2D eigenvalue weighted by atomic mass is 10.0. The number of aryl methyl sites for hydroxylation is 2. The Hall–Kier alpha value is -1.99.